The zero-order valence-corrected chi connectivity index (χ0v) is 13.3. The largest absolute Gasteiger partial charge is 0.453 e. The van der Waals surface area contributed by atoms with Gasteiger partial charge in [0.15, 0.2) is 21.5 Å². The molecule has 3 heterocycles. The fourth-order valence-electron chi connectivity index (χ4n) is 2.32. The van der Waals surface area contributed by atoms with E-state index in [1.807, 2.05) is 0 Å². The van der Waals surface area contributed by atoms with Crippen molar-refractivity contribution in [2.45, 2.75) is 30.0 Å². The van der Waals surface area contributed by atoms with Crippen molar-refractivity contribution in [1.82, 2.24) is 19.7 Å². The van der Waals surface area contributed by atoms with Crippen molar-refractivity contribution in [2.75, 3.05) is 12.9 Å². The molecule has 24 heavy (non-hydrogen) atoms. The summed E-state index contributed by atoms with van der Waals surface area (Å²) in [6.45, 7) is 0.430. The molecule has 2 aromatic heterocycles. The predicted octanol–water partition coefficient (Wildman–Crippen LogP) is 1.94. The number of sulfone groups is 1. The molecule has 1 saturated heterocycles. The van der Waals surface area contributed by atoms with E-state index >= 15 is 0 Å². The molecular formula is C13H13F3N4O3S. The van der Waals surface area contributed by atoms with E-state index < -0.39 is 27.9 Å². The lowest BCUT2D eigenvalue weighted by Gasteiger charge is -2.10. The number of pyridine rings is 1. The van der Waals surface area contributed by atoms with E-state index in [2.05, 4.69) is 15.1 Å². The summed E-state index contributed by atoms with van der Waals surface area (Å²) in [6, 6.07) is 2.54. The van der Waals surface area contributed by atoms with Gasteiger partial charge in [-0.05, 0) is 25.0 Å². The summed E-state index contributed by atoms with van der Waals surface area (Å²) in [7, 11) is -3.46. The van der Waals surface area contributed by atoms with Gasteiger partial charge in [-0.25, -0.2) is 18.4 Å². The smallest absolute Gasteiger partial charge is 0.370 e. The van der Waals surface area contributed by atoms with E-state index in [1.54, 1.807) is 0 Å². The highest BCUT2D eigenvalue weighted by molar-refractivity contribution is 7.90. The Morgan fingerprint density at radius 3 is 2.58 bits per heavy atom. The van der Waals surface area contributed by atoms with Crippen molar-refractivity contribution in [3.63, 3.8) is 0 Å². The molecular weight excluding hydrogens is 349 g/mol. The quantitative estimate of drug-likeness (QED) is 0.829. The number of hydrogen-bond donors (Lipinski definition) is 0. The van der Waals surface area contributed by atoms with Gasteiger partial charge in [0.2, 0.25) is 0 Å². The minimum absolute atomic E-state index is 0.000527. The molecule has 1 aliphatic heterocycles. The lowest BCUT2D eigenvalue weighted by molar-refractivity contribution is -0.144. The average molecular weight is 362 g/mol. The predicted molar refractivity (Wildman–Crippen MR) is 75.2 cm³/mol. The van der Waals surface area contributed by atoms with Gasteiger partial charge in [-0.15, -0.1) is 5.10 Å². The number of rotatable bonds is 3. The molecule has 7 nitrogen and oxygen atoms in total. The van der Waals surface area contributed by atoms with Crippen LogP contribution in [0.25, 0.3) is 5.82 Å². The fraction of sp³-hybridized carbons (Fsp3) is 0.462. The van der Waals surface area contributed by atoms with Crippen LogP contribution in [-0.4, -0.2) is 41.0 Å². The average Bonchev–Trinajstić information content (AvgIpc) is 3.15. The third-order valence-electron chi connectivity index (χ3n) is 3.47. The molecule has 0 aromatic carbocycles. The second kappa shape index (κ2) is 5.81. The first-order chi connectivity index (χ1) is 11.2. The molecule has 0 bridgehead atoms. The van der Waals surface area contributed by atoms with Gasteiger partial charge in [0.05, 0.1) is 4.90 Å². The number of aromatic nitrogens is 4. The van der Waals surface area contributed by atoms with Crippen molar-refractivity contribution in [2.24, 2.45) is 0 Å². The van der Waals surface area contributed by atoms with E-state index in [0.29, 0.717) is 19.4 Å². The van der Waals surface area contributed by atoms with Gasteiger partial charge in [0.1, 0.15) is 6.10 Å². The van der Waals surface area contributed by atoms with Crippen LogP contribution < -0.4 is 0 Å². The molecule has 1 unspecified atom stereocenters. The Labute approximate surface area is 135 Å². The maximum absolute atomic E-state index is 12.9. The highest BCUT2D eigenvalue weighted by Crippen LogP contribution is 2.32. The molecule has 0 spiro atoms. The van der Waals surface area contributed by atoms with Crippen LogP contribution in [0.3, 0.4) is 0 Å². The second-order valence-electron chi connectivity index (χ2n) is 5.33. The first-order valence-corrected chi connectivity index (χ1v) is 8.87. The molecule has 130 valence electrons. The molecule has 1 fully saturated rings. The van der Waals surface area contributed by atoms with E-state index in [4.69, 9.17) is 4.74 Å². The molecule has 1 atom stereocenters. The van der Waals surface area contributed by atoms with Crippen molar-refractivity contribution >= 4 is 9.84 Å². The Balaban J connectivity index is 2.07. The number of nitrogens with zero attached hydrogens (tertiary/aromatic N) is 4. The summed E-state index contributed by atoms with van der Waals surface area (Å²) in [6.07, 6.45) is -2.00. The highest BCUT2D eigenvalue weighted by atomic mass is 32.2. The van der Waals surface area contributed by atoms with Crippen molar-refractivity contribution in [3.8, 4) is 5.82 Å². The summed E-state index contributed by atoms with van der Waals surface area (Å²) in [4.78, 5) is 7.42. The maximum Gasteiger partial charge on any atom is 0.453 e. The lowest BCUT2D eigenvalue weighted by Crippen LogP contribution is -2.10. The maximum atomic E-state index is 12.9. The van der Waals surface area contributed by atoms with E-state index in [9.17, 15) is 21.6 Å². The Morgan fingerprint density at radius 1 is 1.33 bits per heavy atom. The Hall–Kier alpha value is -2.01. The van der Waals surface area contributed by atoms with E-state index in [1.165, 1.54) is 12.1 Å². The van der Waals surface area contributed by atoms with E-state index in [0.717, 1.165) is 17.1 Å². The highest BCUT2D eigenvalue weighted by Gasteiger charge is 2.39. The third-order valence-corrected chi connectivity index (χ3v) is 4.57. The van der Waals surface area contributed by atoms with Gasteiger partial charge in [0, 0.05) is 19.1 Å². The van der Waals surface area contributed by atoms with Crippen molar-refractivity contribution in [3.05, 3.63) is 30.0 Å². The minimum Gasteiger partial charge on any atom is -0.370 e. The van der Waals surface area contributed by atoms with Crippen LogP contribution in [0.4, 0.5) is 13.2 Å². The Kier molecular flexibility index (Phi) is 4.08. The van der Waals surface area contributed by atoms with Crippen LogP contribution in [0.2, 0.25) is 0 Å². The van der Waals surface area contributed by atoms with Gasteiger partial charge < -0.3 is 4.74 Å². The molecule has 0 saturated carbocycles. The lowest BCUT2D eigenvalue weighted by atomic mass is 10.2. The van der Waals surface area contributed by atoms with Crippen LogP contribution in [0.15, 0.2) is 23.2 Å². The van der Waals surface area contributed by atoms with Crippen LogP contribution in [0.5, 0.6) is 0 Å². The molecule has 1 aliphatic rings. The Morgan fingerprint density at radius 2 is 2.08 bits per heavy atom. The normalized spacial score (nSPS) is 18.9. The van der Waals surface area contributed by atoms with Gasteiger partial charge in [0.25, 0.3) is 5.82 Å². The van der Waals surface area contributed by atoms with Gasteiger partial charge >= 0.3 is 6.18 Å². The standard InChI is InChI=1S/C13H13F3N4O3S/c1-24(21,22)8-4-5-10(17-7-8)20-11(9-3-2-6-23-9)18-12(19-20)13(14,15)16/h4-5,7,9H,2-3,6H2,1H3. The van der Waals surface area contributed by atoms with Gasteiger partial charge in [-0.2, -0.15) is 17.9 Å². The van der Waals surface area contributed by atoms with Crippen molar-refractivity contribution < 1.29 is 26.3 Å². The Bertz CT molecular complexity index is 840. The molecule has 11 heteroatoms. The third kappa shape index (κ3) is 3.26. The molecule has 3 rings (SSSR count). The van der Waals surface area contributed by atoms with Crippen molar-refractivity contribution in [1.29, 1.82) is 0 Å². The summed E-state index contributed by atoms with van der Waals surface area (Å²) in [5, 5.41) is 3.48. The summed E-state index contributed by atoms with van der Waals surface area (Å²) >= 11 is 0. The monoisotopic (exact) mass is 362 g/mol. The van der Waals surface area contributed by atoms with Crippen LogP contribution in [0.1, 0.15) is 30.6 Å². The number of halogens is 3. The molecule has 0 amide bonds. The number of alkyl halides is 3. The number of hydrogen-bond acceptors (Lipinski definition) is 6. The molecule has 0 N–H and O–H groups in total. The summed E-state index contributed by atoms with van der Waals surface area (Å²) < 4.78 is 68.0. The topological polar surface area (TPSA) is 87.0 Å². The first kappa shape index (κ1) is 16.8. The van der Waals surface area contributed by atoms with E-state index in [-0.39, 0.29) is 16.5 Å². The fourth-order valence-corrected chi connectivity index (χ4v) is 2.88. The van der Waals surface area contributed by atoms with Crippen LogP contribution in [0, 0.1) is 0 Å². The van der Waals surface area contributed by atoms with Gasteiger partial charge in [-0.1, -0.05) is 0 Å². The minimum atomic E-state index is -4.70. The molecule has 0 aliphatic carbocycles. The zero-order chi connectivity index (χ0) is 17.5. The summed E-state index contributed by atoms with van der Waals surface area (Å²) in [5.41, 5.74) is 0. The molecule has 0 radical (unpaired) electrons. The first-order valence-electron chi connectivity index (χ1n) is 6.98. The molecule has 2 aromatic rings. The van der Waals surface area contributed by atoms with Crippen LogP contribution in [-0.2, 0) is 20.8 Å². The van der Waals surface area contributed by atoms with Gasteiger partial charge in [-0.3, -0.25) is 0 Å². The summed E-state index contributed by atoms with van der Waals surface area (Å²) in [5.74, 6) is -1.25. The number of ether oxygens (including phenoxy) is 1. The zero-order valence-electron chi connectivity index (χ0n) is 12.5. The SMILES string of the molecule is CS(=O)(=O)c1ccc(-n2nc(C(F)(F)F)nc2C2CCCO2)nc1. The second-order valence-corrected chi connectivity index (χ2v) is 7.34. The van der Waals surface area contributed by atoms with Crippen LogP contribution >= 0.6 is 0 Å².